The lowest BCUT2D eigenvalue weighted by Gasteiger charge is -2.39. The number of nitrogens with one attached hydrogen (secondary N) is 1. The molecule has 1 saturated heterocycles. The van der Waals surface area contributed by atoms with Gasteiger partial charge in [-0.3, -0.25) is 4.79 Å². The normalized spacial score (nSPS) is 23.8. The molecule has 2 fully saturated rings. The Hall–Kier alpha value is -0.570. The number of rotatable bonds is 4. The molecule has 1 heterocycles. The predicted molar refractivity (Wildman–Crippen MR) is 69.8 cm³/mol. The second-order valence-electron chi connectivity index (χ2n) is 6.31. The summed E-state index contributed by atoms with van der Waals surface area (Å²) >= 11 is 0. The summed E-state index contributed by atoms with van der Waals surface area (Å²) in [6, 6.07) is 0.342. The molecule has 1 aliphatic heterocycles. The highest BCUT2D eigenvalue weighted by atomic mass is 16.2. The van der Waals surface area contributed by atoms with Gasteiger partial charge in [0.25, 0.3) is 0 Å². The smallest absolute Gasteiger partial charge is 0.228 e. The summed E-state index contributed by atoms with van der Waals surface area (Å²) in [5.74, 6) is 1.17. The summed E-state index contributed by atoms with van der Waals surface area (Å²) in [5.41, 5.74) is -0.121. The Kier molecular flexibility index (Phi) is 3.76. The van der Waals surface area contributed by atoms with Gasteiger partial charge in [-0.15, -0.1) is 0 Å². The number of hydrogen-bond donors (Lipinski definition) is 1. The highest BCUT2D eigenvalue weighted by Gasteiger charge is 2.39. The molecule has 2 aliphatic rings. The van der Waals surface area contributed by atoms with Crippen molar-refractivity contribution in [3.05, 3.63) is 0 Å². The van der Waals surface area contributed by atoms with Crippen molar-refractivity contribution in [2.45, 2.75) is 52.5 Å². The average molecular weight is 238 g/mol. The largest absolute Gasteiger partial charge is 0.340 e. The van der Waals surface area contributed by atoms with Crippen molar-refractivity contribution in [2.24, 2.45) is 11.3 Å². The molecule has 0 bridgehead atoms. The molecule has 1 amide bonds. The van der Waals surface area contributed by atoms with E-state index in [2.05, 4.69) is 31.0 Å². The summed E-state index contributed by atoms with van der Waals surface area (Å²) in [6.45, 7) is 9.39. The van der Waals surface area contributed by atoms with Crippen LogP contribution in [0.15, 0.2) is 0 Å². The van der Waals surface area contributed by atoms with Crippen LogP contribution in [0, 0.1) is 11.3 Å². The number of carbonyl (C=O) groups is 1. The highest BCUT2D eigenvalue weighted by molar-refractivity contribution is 5.82. The molecule has 17 heavy (non-hydrogen) atoms. The molecular formula is C14H26N2O. The SMILES string of the molecule is CC(C)N(CC1CC1)C(=O)C1(C)CCNCC1. The fraction of sp³-hybridized carbons (Fsp3) is 0.929. The van der Waals surface area contributed by atoms with Gasteiger partial charge < -0.3 is 10.2 Å². The second-order valence-corrected chi connectivity index (χ2v) is 6.31. The first kappa shape index (κ1) is 12.9. The van der Waals surface area contributed by atoms with Gasteiger partial charge in [-0.05, 0) is 58.5 Å². The highest BCUT2D eigenvalue weighted by Crippen LogP contribution is 2.35. The topological polar surface area (TPSA) is 32.3 Å². The molecule has 3 nitrogen and oxygen atoms in total. The number of amides is 1. The minimum Gasteiger partial charge on any atom is -0.340 e. The van der Waals surface area contributed by atoms with Gasteiger partial charge in [0.1, 0.15) is 0 Å². The Balaban J connectivity index is 2.02. The van der Waals surface area contributed by atoms with Crippen LogP contribution in [0.5, 0.6) is 0 Å². The van der Waals surface area contributed by atoms with Crippen LogP contribution >= 0.6 is 0 Å². The lowest BCUT2D eigenvalue weighted by atomic mass is 9.79. The van der Waals surface area contributed by atoms with Gasteiger partial charge in [-0.2, -0.15) is 0 Å². The number of hydrogen-bond acceptors (Lipinski definition) is 2. The van der Waals surface area contributed by atoms with Crippen LogP contribution < -0.4 is 5.32 Å². The van der Waals surface area contributed by atoms with Crippen molar-refractivity contribution >= 4 is 5.91 Å². The minimum absolute atomic E-state index is 0.121. The van der Waals surface area contributed by atoms with Gasteiger partial charge in [0.2, 0.25) is 5.91 Å². The van der Waals surface area contributed by atoms with Crippen molar-refractivity contribution in [1.82, 2.24) is 10.2 Å². The Morgan fingerprint density at radius 1 is 1.35 bits per heavy atom. The fourth-order valence-corrected chi connectivity index (χ4v) is 2.65. The minimum atomic E-state index is -0.121. The first-order valence-electron chi connectivity index (χ1n) is 7.05. The van der Waals surface area contributed by atoms with Gasteiger partial charge >= 0.3 is 0 Å². The van der Waals surface area contributed by atoms with E-state index in [0.29, 0.717) is 11.9 Å². The first-order valence-corrected chi connectivity index (χ1v) is 7.05. The third-order valence-corrected chi connectivity index (χ3v) is 4.26. The van der Waals surface area contributed by atoms with E-state index in [1.807, 2.05) is 0 Å². The Bertz CT molecular complexity index is 278. The van der Waals surface area contributed by atoms with Crippen LogP contribution in [0.2, 0.25) is 0 Å². The Morgan fingerprint density at radius 2 is 1.94 bits per heavy atom. The molecule has 3 heteroatoms. The first-order chi connectivity index (χ1) is 8.03. The van der Waals surface area contributed by atoms with Gasteiger partial charge in [-0.25, -0.2) is 0 Å². The van der Waals surface area contributed by atoms with E-state index in [1.54, 1.807) is 0 Å². The molecular weight excluding hydrogens is 212 g/mol. The molecule has 0 radical (unpaired) electrons. The summed E-state index contributed by atoms with van der Waals surface area (Å²) in [5, 5.41) is 3.35. The molecule has 1 N–H and O–H groups in total. The lowest BCUT2D eigenvalue weighted by Crippen LogP contribution is -2.50. The van der Waals surface area contributed by atoms with Crippen LogP contribution in [0.4, 0.5) is 0 Å². The van der Waals surface area contributed by atoms with Gasteiger partial charge in [0.15, 0.2) is 0 Å². The third kappa shape index (κ3) is 3.01. The lowest BCUT2D eigenvalue weighted by molar-refractivity contribution is -0.144. The van der Waals surface area contributed by atoms with E-state index in [9.17, 15) is 4.79 Å². The van der Waals surface area contributed by atoms with Gasteiger partial charge in [-0.1, -0.05) is 6.92 Å². The van der Waals surface area contributed by atoms with Crippen LogP contribution in [0.3, 0.4) is 0 Å². The number of piperidine rings is 1. The maximum Gasteiger partial charge on any atom is 0.228 e. The maximum atomic E-state index is 12.7. The van der Waals surface area contributed by atoms with Gasteiger partial charge in [0.05, 0.1) is 0 Å². The molecule has 0 aromatic heterocycles. The number of carbonyl (C=O) groups excluding carboxylic acids is 1. The van der Waals surface area contributed by atoms with Crippen molar-refractivity contribution < 1.29 is 4.79 Å². The summed E-state index contributed by atoms with van der Waals surface area (Å²) < 4.78 is 0. The standard InChI is InChI=1S/C14H26N2O/c1-11(2)16(10-12-4-5-12)13(17)14(3)6-8-15-9-7-14/h11-12,15H,4-10H2,1-3H3. The second kappa shape index (κ2) is 4.97. The monoisotopic (exact) mass is 238 g/mol. The molecule has 0 unspecified atom stereocenters. The fourth-order valence-electron chi connectivity index (χ4n) is 2.65. The Labute approximate surface area is 105 Å². The average Bonchev–Trinajstić information content (AvgIpc) is 3.09. The van der Waals surface area contributed by atoms with Crippen LogP contribution in [-0.4, -0.2) is 36.5 Å². The van der Waals surface area contributed by atoms with E-state index < -0.39 is 0 Å². The van der Waals surface area contributed by atoms with Crippen molar-refractivity contribution in [1.29, 1.82) is 0 Å². The van der Waals surface area contributed by atoms with Gasteiger partial charge in [0, 0.05) is 18.0 Å². The molecule has 0 aromatic rings. The van der Waals surface area contributed by atoms with Crippen molar-refractivity contribution in [3.8, 4) is 0 Å². The maximum absolute atomic E-state index is 12.7. The molecule has 0 spiro atoms. The van der Waals surface area contributed by atoms with E-state index in [0.717, 1.165) is 38.4 Å². The zero-order valence-electron chi connectivity index (χ0n) is 11.5. The summed E-state index contributed by atoms with van der Waals surface area (Å²) in [6.07, 6.45) is 4.60. The van der Waals surface area contributed by atoms with Crippen LogP contribution in [0.25, 0.3) is 0 Å². The third-order valence-electron chi connectivity index (χ3n) is 4.26. The Morgan fingerprint density at radius 3 is 2.41 bits per heavy atom. The van der Waals surface area contributed by atoms with Crippen LogP contribution in [-0.2, 0) is 4.79 Å². The molecule has 1 aliphatic carbocycles. The molecule has 1 saturated carbocycles. The van der Waals surface area contributed by atoms with Crippen LogP contribution in [0.1, 0.15) is 46.5 Å². The predicted octanol–water partition coefficient (Wildman–Crippen LogP) is 2.02. The van der Waals surface area contributed by atoms with Crippen molar-refractivity contribution in [3.63, 3.8) is 0 Å². The molecule has 98 valence electrons. The quantitative estimate of drug-likeness (QED) is 0.812. The van der Waals surface area contributed by atoms with E-state index >= 15 is 0 Å². The zero-order chi connectivity index (χ0) is 12.5. The zero-order valence-corrected chi connectivity index (χ0v) is 11.5. The number of nitrogens with zero attached hydrogens (tertiary/aromatic N) is 1. The van der Waals surface area contributed by atoms with E-state index in [-0.39, 0.29) is 5.41 Å². The molecule has 0 atom stereocenters. The molecule has 0 aromatic carbocycles. The van der Waals surface area contributed by atoms with E-state index in [1.165, 1.54) is 12.8 Å². The summed E-state index contributed by atoms with van der Waals surface area (Å²) in [7, 11) is 0. The van der Waals surface area contributed by atoms with Crippen molar-refractivity contribution in [2.75, 3.05) is 19.6 Å². The summed E-state index contributed by atoms with van der Waals surface area (Å²) in [4.78, 5) is 14.9. The molecule has 2 rings (SSSR count). The van der Waals surface area contributed by atoms with E-state index in [4.69, 9.17) is 0 Å².